The van der Waals surface area contributed by atoms with E-state index in [2.05, 4.69) is 16.7 Å². The van der Waals surface area contributed by atoms with Crippen LogP contribution in [0.25, 0.3) is 0 Å². The number of ether oxygens (including phenoxy) is 2. The quantitative estimate of drug-likeness (QED) is 0.642. The number of hydrogen-bond donors (Lipinski definition) is 2. The van der Waals surface area contributed by atoms with Gasteiger partial charge in [-0.15, -0.1) is 0 Å². The Hall–Kier alpha value is -3.90. The molecular weight excluding hydrogens is 460 g/mol. The first-order valence-corrected chi connectivity index (χ1v) is 11.9. The Morgan fingerprint density at radius 3 is 2.58 bits per heavy atom. The van der Waals surface area contributed by atoms with E-state index in [1.807, 2.05) is 69.3 Å². The third kappa shape index (κ3) is 5.19. The minimum absolute atomic E-state index is 0.0274. The molecule has 2 aliphatic rings. The van der Waals surface area contributed by atoms with Crippen LogP contribution < -0.4 is 10.6 Å². The molecule has 0 radical (unpaired) electrons. The number of hydrogen-bond acceptors (Lipinski definition) is 6. The summed E-state index contributed by atoms with van der Waals surface area (Å²) in [6.45, 7) is 5.46. The second-order valence-corrected chi connectivity index (χ2v) is 10.1. The van der Waals surface area contributed by atoms with Crippen molar-refractivity contribution in [3.05, 3.63) is 65.7 Å². The molecule has 0 bridgehead atoms. The minimum atomic E-state index is -1.10. The number of carbonyl (C=O) groups excluding carboxylic acids is 3. The van der Waals surface area contributed by atoms with Gasteiger partial charge in [0.05, 0.1) is 23.7 Å². The van der Waals surface area contributed by atoms with Gasteiger partial charge in [0.25, 0.3) is 0 Å². The highest BCUT2D eigenvalue weighted by molar-refractivity contribution is 6.07. The summed E-state index contributed by atoms with van der Waals surface area (Å²) in [6.07, 6.45) is -0.607. The number of carbonyl (C=O) groups is 3. The van der Waals surface area contributed by atoms with Crippen LogP contribution in [0.3, 0.4) is 0 Å². The molecule has 2 aromatic rings. The molecule has 2 N–H and O–H groups in total. The predicted octanol–water partition coefficient (Wildman–Crippen LogP) is 3.11. The standard InChI is InChI=1S/C27H30N4O5/c1-26(2,3)36-16-22(30-25(34)35-15-18-9-5-4-6-10-18)23(32)31-17-27(13-19(31)14-28)20-11-7-8-12-21(20)29-24(27)33/h4-12,19,22H,13,15-17H2,1-3H3,(H,29,33)(H,30,34)/t19-,22?,27-/m0/s1. The number of rotatable bonds is 6. The first kappa shape index (κ1) is 25.2. The molecule has 1 spiro atoms. The number of nitriles is 1. The highest BCUT2D eigenvalue weighted by Gasteiger charge is 2.56. The van der Waals surface area contributed by atoms with E-state index in [9.17, 15) is 19.6 Å². The summed E-state index contributed by atoms with van der Waals surface area (Å²) >= 11 is 0. The Bertz CT molecular complexity index is 1190. The summed E-state index contributed by atoms with van der Waals surface area (Å²) in [4.78, 5) is 40.7. The highest BCUT2D eigenvalue weighted by atomic mass is 16.5. The smallest absolute Gasteiger partial charge is 0.408 e. The molecule has 2 heterocycles. The van der Waals surface area contributed by atoms with Crippen molar-refractivity contribution in [2.75, 3.05) is 18.5 Å². The molecular formula is C27H30N4O5. The van der Waals surface area contributed by atoms with E-state index in [4.69, 9.17) is 9.47 Å². The third-order valence-corrected chi connectivity index (χ3v) is 6.40. The Morgan fingerprint density at radius 2 is 1.89 bits per heavy atom. The summed E-state index contributed by atoms with van der Waals surface area (Å²) in [6, 6.07) is 16.7. The van der Waals surface area contributed by atoms with E-state index < -0.39 is 35.1 Å². The van der Waals surface area contributed by atoms with Crippen molar-refractivity contribution in [2.24, 2.45) is 0 Å². The van der Waals surface area contributed by atoms with Gasteiger partial charge in [-0.05, 0) is 38.0 Å². The molecule has 3 atom stereocenters. The van der Waals surface area contributed by atoms with Gasteiger partial charge in [-0.2, -0.15) is 5.26 Å². The van der Waals surface area contributed by atoms with Crippen molar-refractivity contribution in [1.29, 1.82) is 5.26 Å². The van der Waals surface area contributed by atoms with Gasteiger partial charge in [0.1, 0.15) is 18.7 Å². The molecule has 9 heteroatoms. The first-order chi connectivity index (χ1) is 17.1. The van der Waals surface area contributed by atoms with E-state index in [1.165, 1.54) is 4.90 Å². The Labute approximate surface area is 210 Å². The number of benzene rings is 2. The molecule has 1 fully saturated rings. The van der Waals surface area contributed by atoms with Gasteiger partial charge >= 0.3 is 6.09 Å². The lowest BCUT2D eigenvalue weighted by molar-refractivity contribution is -0.136. The van der Waals surface area contributed by atoms with Gasteiger partial charge in [-0.25, -0.2) is 4.79 Å². The zero-order chi connectivity index (χ0) is 25.9. The van der Waals surface area contributed by atoms with Crippen LogP contribution in [0, 0.1) is 11.3 Å². The Kier molecular flexibility index (Phi) is 7.00. The molecule has 1 saturated heterocycles. The van der Waals surface area contributed by atoms with Gasteiger partial charge in [0, 0.05) is 18.7 Å². The average Bonchev–Trinajstić information content (AvgIpc) is 3.38. The van der Waals surface area contributed by atoms with Crippen molar-refractivity contribution in [3.8, 4) is 6.07 Å². The Balaban J connectivity index is 1.53. The summed E-state index contributed by atoms with van der Waals surface area (Å²) in [5, 5.41) is 15.4. The molecule has 188 valence electrons. The lowest BCUT2D eigenvalue weighted by Gasteiger charge is -2.29. The summed E-state index contributed by atoms with van der Waals surface area (Å²) in [5.41, 5.74) is 0.667. The van der Waals surface area contributed by atoms with E-state index >= 15 is 0 Å². The van der Waals surface area contributed by atoms with Gasteiger partial charge in [-0.1, -0.05) is 48.5 Å². The zero-order valence-corrected chi connectivity index (χ0v) is 20.6. The van der Waals surface area contributed by atoms with Crippen LogP contribution in [0.1, 0.15) is 38.3 Å². The van der Waals surface area contributed by atoms with Crippen LogP contribution in [0.15, 0.2) is 54.6 Å². The van der Waals surface area contributed by atoms with Gasteiger partial charge in [0.15, 0.2) is 0 Å². The zero-order valence-electron chi connectivity index (χ0n) is 20.6. The minimum Gasteiger partial charge on any atom is -0.445 e. The summed E-state index contributed by atoms with van der Waals surface area (Å²) in [7, 11) is 0. The van der Waals surface area contributed by atoms with E-state index in [-0.39, 0.29) is 32.1 Å². The van der Waals surface area contributed by atoms with Crippen molar-refractivity contribution in [2.45, 2.75) is 56.9 Å². The molecule has 4 rings (SSSR count). The first-order valence-electron chi connectivity index (χ1n) is 11.9. The molecule has 36 heavy (non-hydrogen) atoms. The van der Waals surface area contributed by atoms with Crippen LogP contribution in [-0.4, -0.2) is 53.6 Å². The maximum absolute atomic E-state index is 13.7. The second-order valence-electron chi connectivity index (χ2n) is 10.1. The van der Waals surface area contributed by atoms with Crippen molar-refractivity contribution < 1.29 is 23.9 Å². The van der Waals surface area contributed by atoms with Gasteiger partial charge in [0.2, 0.25) is 11.8 Å². The molecule has 1 unspecified atom stereocenters. The van der Waals surface area contributed by atoms with E-state index in [0.29, 0.717) is 5.69 Å². The lowest BCUT2D eigenvalue weighted by Crippen LogP contribution is -2.53. The van der Waals surface area contributed by atoms with Crippen molar-refractivity contribution in [3.63, 3.8) is 0 Å². The topological polar surface area (TPSA) is 121 Å². The number of nitrogens with zero attached hydrogens (tertiary/aromatic N) is 2. The molecule has 3 amide bonds. The normalized spacial score (nSPS) is 21.4. The maximum Gasteiger partial charge on any atom is 0.408 e. The monoisotopic (exact) mass is 490 g/mol. The third-order valence-electron chi connectivity index (χ3n) is 6.40. The van der Waals surface area contributed by atoms with E-state index in [0.717, 1.165) is 11.1 Å². The SMILES string of the molecule is CC(C)(C)OCC(NC(=O)OCc1ccccc1)C(=O)N1C[C@]2(C[C@H]1C#N)C(=O)Nc1ccccc12. The predicted molar refractivity (Wildman–Crippen MR) is 132 cm³/mol. The fraction of sp³-hybridized carbons (Fsp3) is 0.407. The fourth-order valence-electron chi connectivity index (χ4n) is 4.60. The molecule has 2 aliphatic heterocycles. The van der Waals surface area contributed by atoms with Gasteiger partial charge < -0.3 is 25.0 Å². The largest absolute Gasteiger partial charge is 0.445 e. The van der Waals surface area contributed by atoms with Crippen LogP contribution in [0.4, 0.5) is 10.5 Å². The van der Waals surface area contributed by atoms with Gasteiger partial charge in [-0.3, -0.25) is 9.59 Å². The fourth-order valence-corrected chi connectivity index (χ4v) is 4.60. The Morgan fingerprint density at radius 1 is 1.19 bits per heavy atom. The number of amides is 3. The van der Waals surface area contributed by atoms with Crippen molar-refractivity contribution in [1.82, 2.24) is 10.2 Å². The van der Waals surface area contributed by atoms with Crippen LogP contribution in [0.2, 0.25) is 0 Å². The summed E-state index contributed by atoms with van der Waals surface area (Å²) in [5.74, 6) is -0.742. The molecule has 0 saturated carbocycles. The molecule has 9 nitrogen and oxygen atoms in total. The van der Waals surface area contributed by atoms with E-state index in [1.54, 1.807) is 6.07 Å². The summed E-state index contributed by atoms with van der Waals surface area (Å²) < 4.78 is 11.1. The van der Waals surface area contributed by atoms with Crippen LogP contribution in [-0.2, 0) is 31.1 Å². The number of nitrogens with one attached hydrogen (secondary N) is 2. The number of alkyl carbamates (subject to hydrolysis) is 1. The highest BCUT2D eigenvalue weighted by Crippen LogP contribution is 2.46. The average molecular weight is 491 g/mol. The van der Waals surface area contributed by atoms with Crippen molar-refractivity contribution >= 4 is 23.6 Å². The molecule has 0 aromatic heterocycles. The van der Waals surface area contributed by atoms with Crippen LogP contribution >= 0.6 is 0 Å². The molecule has 0 aliphatic carbocycles. The second kappa shape index (κ2) is 9.99. The maximum atomic E-state index is 13.7. The number of likely N-dealkylation sites (tertiary alicyclic amines) is 1. The number of fused-ring (bicyclic) bond motifs is 2. The lowest BCUT2D eigenvalue weighted by atomic mass is 9.80. The number of anilines is 1. The van der Waals surface area contributed by atoms with Crippen LogP contribution in [0.5, 0.6) is 0 Å². The number of para-hydroxylation sites is 1. The molecule has 2 aromatic carbocycles.